The first-order chi connectivity index (χ1) is 12.1. The van der Waals surface area contributed by atoms with E-state index in [2.05, 4.69) is 25.3 Å². The predicted molar refractivity (Wildman–Crippen MR) is 90.9 cm³/mol. The number of hydrogen-bond acceptors (Lipinski definition) is 4. The number of para-hydroxylation sites is 1. The van der Waals surface area contributed by atoms with Crippen LogP contribution in [0, 0.1) is 0 Å². The molecule has 2 aromatic rings. The zero-order chi connectivity index (χ0) is 18.1. The van der Waals surface area contributed by atoms with Crippen LogP contribution in [0.1, 0.15) is 11.1 Å². The highest BCUT2D eigenvalue weighted by Crippen LogP contribution is 2.20. The highest BCUT2D eigenvalue weighted by Gasteiger charge is 2.10. The maximum atomic E-state index is 12.4. The van der Waals surface area contributed by atoms with Gasteiger partial charge in [-0.05, 0) is 12.1 Å². The Morgan fingerprint density at radius 2 is 1.80 bits per heavy atom. The van der Waals surface area contributed by atoms with Gasteiger partial charge < -0.3 is 20.1 Å². The van der Waals surface area contributed by atoms with Gasteiger partial charge in [-0.25, -0.2) is 4.98 Å². The highest BCUT2D eigenvalue weighted by molar-refractivity contribution is 5.79. The molecular formula is C17H20F2N4O2. The van der Waals surface area contributed by atoms with Gasteiger partial charge in [-0.3, -0.25) is 4.99 Å². The third-order valence-corrected chi connectivity index (χ3v) is 3.35. The van der Waals surface area contributed by atoms with Gasteiger partial charge in [0.2, 0.25) is 5.88 Å². The van der Waals surface area contributed by atoms with E-state index in [1.54, 1.807) is 38.6 Å². The van der Waals surface area contributed by atoms with E-state index in [0.717, 1.165) is 5.56 Å². The van der Waals surface area contributed by atoms with Crippen LogP contribution in [0.15, 0.2) is 47.6 Å². The fourth-order valence-corrected chi connectivity index (χ4v) is 2.18. The van der Waals surface area contributed by atoms with Crippen LogP contribution in [-0.4, -0.2) is 31.7 Å². The van der Waals surface area contributed by atoms with Crippen molar-refractivity contribution in [1.29, 1.82) is 0 Å². The molecule has 1 heterocycles. The Hall–Kier alpha value is -2.90. The van der Waals surface area contributed by atoms with Crippen LogP contribution in [0.3, 0.4) is 0 Å². The lowest BCUT2D eigenvalue weighted by Crippen LogP contribution is -2.36. The maximum Gasteiger partial charge on any atom is 0.387 e. The lowest BCUT2D eigenvalue weighted by atomic mass is 10.2. The number of nitrogens with one attached hydrogen (secondary N) is 2. The summed E-state index contributed by atoms with van der Waals surface area (Å²) in [5, 5.41) is 6.18. The minimum atomic E-state index is -2.86. The predicted octanol–water partition coefficient (Wildman–Crippen LogP) is 2.56. The van der Waals surface area contributed by atoms with E-state index in [-0.39, 0.29) is 12.3 Å². The summed E-state index contributed by atoms with van der Waals surface area (Å²) in [6, 6.07) is 10.3. The number of aromatic nitrogens is 1. The van der Waals surface area contributed by atoms with E-state index in [9.17, 15) is 8.78 Å². The van der Waals surface area contributed by atoms with Gasteiger partial charge >= 0.3 is 6.61 Å². The van der Waals surface area contributed by atoms with Gasteiger partial charge in [0.05, 0.1) is 7.11 Å². The molecule has 134 valence electrons. The molecule has 2 rings (SSSR count). The molecule has 0 saturated heterocycles. The summed E-state index contributed by atoms with van der Waals surface area (Å²) in [7, 11) is 3.18. The van der Waals surface area contributed by atoms with Crippen LogP contribution < -0.4 is 20.1 Å². The third-order valence-electron chi connectivity index (χ3n) is 3.35. The molecule has 0 saturated carbocycles. The van der Waals surface area contributed by atoms with Crippen molar-refractivity contribution in [2.45, 2.75) is 19.7 Å². The van der Waals surface area contributed by atoms with Crippen LogP contribution in [0.25, 0.3) is 0 Å². The number of alkyl halides is 2. The summed E-state index contributed by atoms with van der Waals surface area (Å²) < 4.78 is 34.6. The molecule has 0 aliphatic rings. The molecule has 2 N–H and O–H groups in total. The number of guanidine groups is 1. The van der Waals surface area contributed by atoms with Crippen LogP contribution >= 0.6 is 0 Å². The Bertz CT molecular complexity index is 711. The van der Waals surface area contributed by atoms with Crippen molar-refractivity contribution in [3.63, 3.8) is 0 Å². The molecule has 25 heavy (non-hydrogen) atoms. The van der Waals surface area contributed by atoms with Gasteiger partial charge in [0.1, 0.15) is 5.75 Å². The van der Waals surface area contributed by atoms with E-state index in [1.165, 1.54) is 6.07 Å². The van der Waals surface area contributed by atoms with E-state index in [4.69, 9.17) is 4.74 Å². The topological polar surface area (TPSA) is 67.8 Å². The zero-order valence-corrected chi connectivity index (χ0v) is 14.0. The van der Waals surface area contributed by atoms with Gasteiger partial charge in [0, 0.05) is 37.5 Å². The van der Waals surface area contributed by atoms with E-state index >= 15 is 0 Å². The first kappa shape index (κ1) is 18.4. The standard InChI is InChI=1S/C17H20F2N4O2/c1-20-17(23-11-13-7-5-9-21-15(13)24-2)22-10-12-6-3-4-8-14(12)25-16(18)19/h3-9,16H,10-11H2,1-2H3,(H2,20,22,23). The normalized spacial score (nSPS) is 11.3. The zero-order valence-electron chi connectivity index (χ0n) is 14.0. The number of ether oxygens (including phenoxy) is 2. The Labute approximate surface area is 144 Å². The Balaban J connectivity index is 1.95. The van der Waals surface area contributed by atoms with Crippen molar-refractivity contribution in [1.82, 2.24) is 15.6 Å². The first-order valence-electron chi connectivity index (χ1n) is 7.59. The monoisotopic (exact) mass is 350 g/mol. The Morgan fingerprint density at radius 3 is 2.48 bits per heavy atom. The number of benzene rings is 1. The second kappa shape index (κ2) is 9.41. The van der Waals surface area contributed by atoms with Crippen molar-refractivity contribution in [2.75, 3.05) is 14.2 Å². The van der Waals surface area contributed by atoms with Crippen LogP contribution in [0.4, 0.5) is 8.78 Å². The lowest BCUT2D eigenvalue weighted by molar-refractivity contribution is -0.0504. The quantitative estimate of drug-likeness (QED) is 0.593. The minimum Gasteiger partial charge on any atom is -0.481 e. The number of nitrogens with zero attached hydrogens (tertiary/aromatic N) is 2. The molecule has 6 nitrogen and oxygen atoms in total. The van der Waals surface area contributed by atoms with Gasteiger partial charge in [-0.2, -0.15) is 8.78 Å². The largest absolute Gasteiger partial charge is 0.481 e. The molecule has 0 bridgehead atoms. The molecule has 8 heteroatoms. The second-order valence-electron chi connectivity index (χ2n) is 4.94. The average molecular weight is 350 g/mol. The molecule has 0 amide bonds. The number of halogens is 2. The summed E-state index contributed by atoms with van der Waals surface area (Å²) in [6.45, 7) is -2.13. The van der Waals surface area contributed by atoms with E-state index < -0.39 is 6.61 Å². The summed E-state index contributed by atoms with van der Waals surface area (Å²) >= 11 is 0. The van der Waals surface area contributed by atoms with Crippen molar-refractivity contribution in [3.8, 4) is 11.6 Å². The Morgan fingerprint density at radius 1 is 1.12 bits per heavy atom. The molecule has 1 aromatic heterocycles. The molecular weight excluding hydrogens is 330 g/mol. The number of pyridine rings is 1. The molecule has 0 atom stereocenters. The fourth-order valence-electron chi connectivity index (χ4n) is 2.18. The lowest BCUT2D eigenvalue weighted by Gasteiger charge is -2.15. The molecule has 0 spiro atoms. The van der Waals surface area contributed by atoms with E-state index in [1.807, 2.05) is 12.1 Å². The summed E-state index contributed by atoms with van der Waals surface area (Å²) in [4.78, 5) is 8.23. The van der Waals surface area contributed by atoms with Gasteiger partial charge in [-0.15, -0.1) is 0 Å². The minimum absolute atomic E-state index is 0.134. The first-order valence-corrected chi connectivity index (χ1v) is 7.59. The van der Waals surface area contributed by atoms with Gasteiger partial charge in [-0.1, -0.05) is 24.3 Å². The molecule has 1 aromatic carbocycles. The van der Waals surface area contributed by atoms with Crippen LogP contribution in [0.2, 0.25) is 0 Å². The smallest absolute Gasteiger partial charge is 0.387 e. The van der Waals surface area contributed by atoms with Crippen molar-refractivity contribution >= 4 is 5.96 Å². The van der Waals surface area contributed by atoms with Gasteiger partial charge in [0.25, 0.3) is 0 Å². The van der Waals surface area contributed by atoms with Crippen molar-refractivity contribution in [2.24, 2.45) is 4.99 Å². The van der Waals surface area contributed by atoms with Gasteiger partial charge in [0.15, 0.2) is 5.96 Å². The molecule has 0 aliphatic carbocycles. The van der Waals surface area contributed by atoms with Crippen molar-refractivity contribution in [3.05, 3.63) is 53.7 Å². The number of methoxy groups -OCH3 is 1. The molecule has 0 fully saturated rings. The van der Waals surface area contributed by atoms with Crippen LogP contribution in [-0.2, 0) is 13.1 Å². The third kappa shape index (κ3) is 5.59. The number of hydrogen-bond donors (Lipinski definition) is 2. The Kier molecular flexibility index (Phi) is 6.94. The van der Waals surface area contributed by atoms with Crippen LogP contribution in [0.5, 0.6) is 11.6 Å². The highest BCUT2D eigenvalue weighted by atomic mass is 19.3. The summed E-state index contributed by atoms with van der Waals surface area (Å²) in [5.74, 6) is 1.17. The number of rotatable bonds is 7. The summed E-state index contributed by atoms with van der Waals surface area (Å²) in [5.41, 5.74) is 1.47. The fraction of sp³-hybridized carbons (Fsp3) is 0.294. The number of aliphatic imine (C=N–C) groups is 1. The second-order valence-corrected chi connectivity index (χ2v) is 4.94. The van der Waals surface area contributed by atoms with E-state index in [0.29, 0.717) is 23.9 Å². The maximum absolute atomic E-state index is 12.4. The molecule has 0 unspecified atom stereocenters. The molecule has 0 radical (unpaired) electrons. The van der Waals surface area contributed by atoms with Crippen molar-refractivity contribution < 1.29 is 18.3 Å². The average Bonchev–Trinajstić information content (AvgIpc) is 2.63. The molecule has 0 aliphatic heterocycles. The summed E-state index contributed by atoms with van der Waals surface area (Å²) in [6.07, 6.45) is 1.65. The SMILES string of the molecule is CN=C(NCc1ccccc1OC(F)F)NCc1cccnc1OC.